The Labute approximate surface area is 124 Å². The Bertz CT molecular complexity index is 613. The molecule has 0 aliphatic heterocycles. The standard InChI is InChI=1S/C12H12ClN3OS2/c1-7(17)8-4-5-10(9(13)6-8)18-12-15-14-11(19-12)16(2)3/h4-6H,1-3H3. The van der Waals surface area contributed by atoms with Crippen LogP contribution in [0.3, 0.4) is 0 Å². The third kappa shape index (κ3) is 3.46. The summed E-state index contributed by atoms with van der Waals surface area (Å²) in [5.41, 5.74) is 0.612. The fourth-order valence-corrected chi connectivity index (χ4v) is 3.34. The van der Waals surface area contributed by atoms with Gasteiger partial charge in [0.15, 0.2) is 10.1 Å². The summed E-state index contributed by atoms with van der Waals surface area (Å²) < 4.78 is 0.821. The van der Waals surface area contributed by atoms with Crippen LogP contribution in [-0.2, 0) is 0 Å². The monoisotopic (exact) mass is 313 g/mol. The lowest BCUT2D eigenvalue weighted by molar-refractivity contribution is 0.101. The quantitative estimate of drug-likeness (QED) is 0.807. The van der Waals surface area contributed by atoms with E-state index in [-0.39, 0.29) is 5.78 Å². The van der Waals surface area contributed by atoms with E-state index in [1.54, 1.807) is 12.1 Å². The predicted molar refractivity (Wildman–Crippen MR) is 79.8 cm³/mol. The van der Waals surface area contributed by atoms with E-state index in [0.29, 0.717) is 10.6 Å². The molecule has 0 unspecified atom stereocenters. The maximum Gasteiger partial charge on any atom is 0.208 e. The van der Waals surface area contributed by atoms with Crippen LogP contribution in [0.2, 0.25) is 5.02 Å². The molecule has 0 radical (unpaired) electrons. The summed E-state index contributed by atoms with van der Waals surface area (Å²) in [6, 6.07) is 5.28. The first kappa shape index (κ1) is 14.3. The molecule has 0 aliphatic rings. The fourth-order valence-electron chi connectivity index (χ4n) is 1.32. The zero-order chi connectivity index (χ0) is 14.0. The molecule has 0 spiro atoms. The number of anilines is 1. The minimum absolute atomic E-state index is 0.00394. The van der Waals surface area contributed by atoms with Gasteiger partial charge in [0.25, 0.3) is 0 Å². The van der Waals surface area contributed by atoms with Gasteiger partial charge in [-0.15, -0.1) is 10.2 Å². The van der Waals surface area contributed by atoms with Crippen LogP contribution in [-0.4, -0.2) is 30.1 Å². The highest BCUT2D eigenvalue weighted by molar-refractivity contribution is 8.01. The van der Waals surface area contributed by atoms with Gasteiger partial charge in [0.1, 0.15) is 0 Å². The van der Waals surface area contributed by atoms with Gasteiger partial charge in [-0.3, -0.25) is 4.79 Å². The molecule has 1 heterocycles. The first-order valence-corrected chi connectivity index (χ1v) is 7.47. The minimum atomic E-state index is 0.00394. The zero-order valence-electron chi connectivity index (χ0n) is 10.7. The van der Waals surface area contributed by atoms with Crippen LogP contribution in [0.4, 0.5) is 5.13 Å². The Kier molecular flexibility index (Phi) is 4.44. The molecule has 0 saturated carbocycles. The molecule has 19 heavy (non-hydrogen) atoms. The van der Waals surface area contributed by atoms with E-state index in [4.69, 9.17) is 11.6 Å². The van der Waals surface area contributed by atoms with Gasteiger partial charge in [0.2, 0.25) is 5.13 Å². The van der Waals surface area contributed by atoms with Gasteiger partial charge in [-0.2, -0.15) is 0 Å². The molecule has 2 aromatic rings. The summed E-state index contributed by atoms with van der Waals surface area (Å²) in [6.07, 6.45) is 0. The van der Waals surface area contributed by atoms with Crippen molar-refractivity contribution in [1.82, 2.24) is 10.2 Å². The minimum Gasteiger partial charge on any atom is -0.353 e. The van der Waals surface area contributed by atoms with Crippen LogP contribution < -0.4 is 4.90 Å². The lowest BCUT2D eigenvalue weighted by Gasteiger charge is -2.04. The molecule has 0 bridgehead atoms. The molecular formula is C12H12ClN3OS2. The van der Waals surface area contributed by atoms with Gasteiger partial charge in [-0.05, 0) is 19.1 Å². The summed E-state index contributed by atoms with van der Waals surface area (Å²) in [5.74, 6) is 0.00394. The number of aromatic nitrogens is 2. The molecule has 0 N–H and O–H groups in total. The number of carbonyl (C=O) groups is 1. The Hall–Kier alpha value is -1.11. The molecule has 2 rings (SSSR count). The van der Waals surface area contributed by atoms with E-state index < -0.39 is 0 Å². The van der Waals surface area contributed by atoms with Crippen molar-refractivity contribution in [2.24, 2.45) is 0 Å². The van der Waals surface area contributed by atoms with Gasteiger partial charge in [0.05, 0.1) is 5.02 Å². The van der Waals surface area contributed by atoms with E-state index >= 15 is 0 Å². The first-order valence-electron chi connectivity index (χ1n) is 5.46. The van der Waals surface area contributed by atoms with E-state index in [1.807, 2.05) is 25.1 Å². The molecule has 0 atom stereocenters. The van der Waals surface area contributed by atoms with Crippen molar-refractivity contribution in [3.8, 4) is 0 Å². The van der Waals surface area contributed by atoms with Crippen molar-refractivity contribution in [3.63, 3.8) is 0 Å². The molecule has 0 aliphatic carbocycles. The Morgan fingerprint density at radius 2 is 2.11 bits per heavy atom. The fraction of sp³-hybridized carbons (Fsp3) is 0.250. The second kappa shape index (κ2) is 5.90. The second-order valence-corrected chi connectivity index (χ2v) is 6.70. The largest absolute Gasteiger partial charge is 0.353 e. The van der Waals surface area contributed by atoms with Crippen molar-refractivity contribution in [2.75, 3.05) is 19.0 Å². The highest BCUT2D eigenvalue weighted by atomic mass is 35.5. The predicted octanol–water partition coefficient (Wildman–Crippen LogP) is 3.61. The molecule has 100 valence electrons. The number of hydrogen-bond donors (Lipinski definition) is 0. The van der Waals surface area contributed by atoms with Crippen molar-refractivity contribution < 1.29 is 4.79 Å². The number of nitrogens with zero attached hydrogens (tertiary/aromatic N) is 3. The van der Waals surface area contributed by atoms with Crippen LogP contribution in [0.5, 0.6) is 0 Å². The third-order valence-corrected chi connectivity index (χ3v) is 4.96. The van der Waals surface area contributed by atoms with E-state index in [1.165, 1.54) is 30.0 Å². The molecule has 1 aromatic heterocycles. The summed E-state index contributed by atoms with van der Waals surface area (Å²) in [4.78, 5) is 14.0. The topological polar surface area (TPSA) is 46.1 Å². The Morgan fingerprint density at radius 1 is 1.37 bits per heavy atom. The summed E-state index contributed by atoms with van der Waals surface area (Å²) in [5, 5.41) is 9.56. The third-order valence-electron chi connectivity index (χ3n) is 2.31. The molecule has 1 aromatic carbocycles. The van der Waals surface area contributed by atoms with Gasteiger partial charge >= 0.3 is 0 Å². The number of benzene rings is 1. The number of hydrogen-bond acceptors (Lipinski definition) is 6. The average molecular weight is 314 g/mol. The maximum atomic E-state index is 11.3. The van der Waals surface area contributed by atoms with Gasteiger partial charge in [-0.25, -0.2) is 0 Å². The van der Waals surface area contributed by atoms with E-state index in [0.717, 1.165) is 14.4 Å². The average Bonchev–Trinajstić information content (AvgIpc) is 2.80. The van der Waals surface area contributed by atoms with Crippen LogP contribution in [0.15, 0.2) is 27.4 Å². The second-order valence-electron chi connectivity index (χ2n) is 4.05. The molecule has 0 fully saturated rings. The van der Waals surface area contributed by atoms with Crippen molar-refractivity contribution >= 4 is 45.6 Å². The van der Waals surface area contributed by atoms with Gasteiger partial charge in [0, 0.05) is 24.6 Å². The highest BCUT2D eigenvalue weighted by Crippen LogP contribution is 2.36. The number of carbonyl (C=O) groups excluding carboxylic acids is 1. The molecule has 7 heteroatoms. The summed E-state index contributed by atoms with van der Waals surface area (Å²) in [7, 11) is 3.84. The van der Waals surface area contributed by atoms with Crippen LogP contribution in [0.25, 0.3) is 0 Å². The van der Waals surface area contributed by atoms with E-state index in [9.17, 15) is 4.79 Å². The SMILES string of the molecule is CC(=O)c1ccc(Sc2nnc(N(C)C)s2)c(Cl)c1. The van der Waals surface area contributed by atoms with Gasteiger partial charge < -0.3 is 4.90 Å². The smallest absolute Gasteiger partial charge is 0.208 e. The van der Waals surface area contributed by atoms with Crippen LogP contribution in [0.1, 0.15) is 17.3 Å². The van der Waals surface area contributed by atoms with E-state index in [2.05, 4.69) is 10.2 Å². The van der Waals surface area contributed by atoms with Crippen LogP contribution in [0, 0.1) is 0 Å². The van der Waals surface area contributed by atoms with Crippen molar-refractivity contribution in [3.05, 3.63) is 28.8 Å². The molecule has 0 saturated heterocycles. The molecule has 4 nitrogen and oxygen atoms in total. The summed E-state index contributed by atoms with van der Waals surface area (Å²) in [6.45, 7) is 1.52. The van der Waals surface area contributed by atoms with Crippen LogP contribution >= 0.6 is 34.7 Å². The number of ketones is 1. The molecular weight excluding hydrogens is 302 g/mol. The Morgan fingerprint density at radius 3 is 2.63 bits per heavy atom. The maximum absolute atomic E-state index is 11.3. The highest BCUT2D eigenvalue weighted by Gasteiger charge is 2.11. The lowest BCUT2D eigenvalue weighted by Crippen LogP contribution is -2.07. The first-order chi connectivity index (χ1) is 8.97. The van der Waals surface area contributed by atoms with Crippen molar-refractivity contribution in [2.45, 2.75) is 16.2 Å². The van der Waals surface area contributed by atoms with Crippen molar-refractivity contribution in [1.29, 1.82) is 0 Å². The zero-order valence-corrected chi connectivity index (χ0v) is 13.1. The Balaban J connectivity index is 2.20. The number of rotatable bonds is 4. The lowest BCUT2D eigenvalue weighted by atomic mass is 10.1. The van der Waals surface area contributed by atoms with Gasteiger partial charge in [-0.1, -0.05) is 40.8 Å². The summed E-state index contributed by atoms with van der Waals surface area (Å²) >= 11 is 9.11. The molecule has 0 amide bonds. The normalized spacial score (nSPS) is 10.5. The number of Topliss-reactive ketones (excluding diaryl/α,β-unsaturated/α-hetero) is 1. The number of halogens is 1.